The van der Waals surface area contributed by atoms with Crippen molar-refractivity contribution < 1.29 is 4.39 Å². The number of aryl methyl sites for hydroxylation is 1. The molecule has 1 nitrogen and oxygen atoms in total. The number of fused-ring (bicyclic) bond motifs is 1. The third kappa shape index (κ3) is 2.72. The third-order valence-corrected chi connectivity index (χ3v) is 5.13. The monoisotopic (exact) mass is 267 g/mol. The molecule has 0 saturated carbocycles. The molecule has 0 aliphatic carbocycles. The summed E-state index contributed by atoms with van der Waals surface area (Å²) in [5.41, 5.74) is 3.61. The van der Waals surface area contributed by atoms with Gasteiger partial charge in [0.2, 0.25) is 0 Å². The number of hydrogen-bond acceptors (Lipinski definition) is 2. The lowest BCUT2D eigenvalue weighted by Crippen LogP contribution is -2.34. The molecule has 0 bridgehead atoms. The standard InChI is InChI=1S/C15H22FNS/c1-4-6-17-15-12-8-11(16)7-10(3)13(12)9-18-14(15)5-2/h7-8,14-15,17H,4-6,9H2,1-3H3. The second-order valence-corrected chi connectivity index (χ2v) is 6.21. The van der Waals surface area contributed by atoms with Crippen molar-refractivity contribution in [3.63, 3.8) is 0 Å². The molecule has 1 aliphatic heterocycles. The van der Waals surface area contributed by atoms with Gasteiger partial charge in [0.25, 0.3) is 0 Å². The fourth-order valence-corrected chi connectivity index (χ4v) is 4.10. The Kier molecular flexibility index (Phi) is 4.68. The SMILES string of the molecule is CCCNC1c2cc(F)cc(C)c2CSC1CC. The highest BCUT2D eigenvalue weighted by molar-refractivity contribution is 7.99. The molecule has 0 aromatic heterocycles. The summed E-state index contributed by atoms with van der Waals surface area (Å²) in [6.07, 6.45) is 2.24. The van der Waals surface area contributed by atoms with Crippen LogP contribution in [0.1, 0.15) is 49.4 Å². The lowest BCUT2D eigenvalue weighted by Gasteiger charge is -2.34. The van der Waals surface area contributed by atoms with Crippen LogP contribution >= 0.6 is 11.8 Å². The zero-order chi connectivity index (χ0) is 13.1. The molecular weight excluding hydrogens is 245 g/mol. The van der Waals surface area contributed by atoms with Crippen LogP contribution in [0.3, 0.4) is 0 Å². The molecule has 2 rings (SSSR count). The van der Waals surface area contributed by atoms with Crippen LogP contribution in [-0.2, 0) is 5.75 Å². The van der Waals surface area contributed by atoms with Crippen molar-refractivity contribution in [1.29, 1.82) is 0 Å². The van der Waals surface area contributed by atoms with Crippen molar-refractivity contribution in [2.45, 2.75) is 50.7 Å². The van der Waals surface area contributed by atoms with Gasteiger partial charge in [0.1, 0.15) is 5.82 Å². The van der Waals surface area contributed by atoms with Crippen molar-refractivity contribution in [3.05, 3.63) is 34.6 Å². The topological polar surface area (TPSA) is 12.0 Å². The van der Waals surface area contributed by atoms with Crippen LogP contribution in [0.4, 0.5) is 4.39 Å². The Labute approximate surface area is 114 Å². The lowest BCUT2D eigenvalue weighted by molar-refractivity contribution is 0.493. The Morgan fingerprint density at radius 1 is 1.39 bits per heavy atom. The average molecular weight is 267 g/mol. The second-order valence-electron chi connectivity index (χ2n) is 4.98. The first-order valence-corrected chi connectivity index (χ1v) is 7.86. The number of benzene rings is 1. The van der Waals surface area contributed by atoms with Crippen molar-refractivity contribution in [1.82, 2.24) is 5.32 Å². The Balaban J connectivity index is 2.36. The quantitative estimate of drug-likeness (QED) is 0.877. The van der Waals surface area contributed by atoms with Crippen LogP contribution in [0.5, 0.6) is 0 Å². The zero-order valence-corrected chi connectivity index (χ0v) is 12.2. The average Bonchev–Trinajstić information content (AvgIpc) is 2.35. The highest BCUT2D eigenvalue weighted by atomic mass is 32.2. The Morgan fingerprint density at radius 2 is 2.17 bits per heavy atom. The largest absolute Gasteiger partial charge is 0.309 e. The Morgan fingerprint density at radius 3 is 2.83 bits per heavy atom. The van der Waals surface area contributed by atoms with Gasteiger partial charge in [-0.05, 0) is 55.1 Å². The van der Waals surface area contributed by atoms with Crippen molar-refractivity contribution >= 4 is 11.8 Å². The highest BCUT2D eigenvalue weighted by Crippen LogP contribution is 2.40. The van der Waals surface area contributed by atoms with Gasteiger partial charge < -0.3 is 5.32 Å². The maximum Gasteiger partial charge on any atom is 0.123 e. The molecule has 1 aromatic rings. The zero-order valence-electron chi connectivity index (χ0n) is 11.4. The summed E-state index contributed by atoms with van der Waals surface area (Å²) in [5, 5.41) is 4.16. The summed E-state index contributed by atoms with van der Waals surface area (Å²) in [7, 11) is 0. The van der Waals surface area contributed by atoms with Crippen LogP contribution < -0.4 is 5.32 Å². The van der Waals surface area contributed by atoms with Gasteiger partial charge in [-0.3, -0.25) is 0 Å². The summed E-state index contributed by atoms with van der Waals surface area (Å²) in [6.45, 7) is 7.40. The number of hydrogen-bond donors (Lipinski definition) is 1. The number of halogens is 1. The first-order valence-electron chi connectivity index (χ1n) is 6.81. The van der Waals surface area contributed by atoms with E-state index in [1.54, 1.807) is 12.1 Å². The molecule has 0 saturated heterocycles. The summed E-state index contributed by atoms with van der Waals surface area (Å²) >= 11 is 2.00. The smallest absolute Gasteiger partial charge is 0.123 e. The fraction of sp³-hybridized carbons (Fsp3) is 0.600. The number of thioether (sulfide) groups is 1. The minimum absolute atomic E-state index is 0.101. The molecule has 1 aromatic carbocycles. The molecule has 1 aliphatic rings. The first-order chi connectivity index (χ1) is 8.67. The van der Waals surface area contributed by atoms with Crippen LogP contribution in [0.2, 0.25) is 0 Å². The predicted octanol–water partition coefficient (Wildman–Crippen LogP) is 4.20. The predicted molar refractivity (Wildman–Crippen MR) is 77.5 cm³/mol. The van der Waals surface area contributed by atoms with E-state index in [1.165, 1.54) is 11.1 Å². The molecule has 1 N–H and O–H groups in total. The molecule has 0 spiro atoms. The van der Waals surface area contributed by atoms with Gasteiger partial charge in [0, 0.05) is 17.0 Å². The van der Waals surface area contributed by atoms with E-state index in [0.717, 1.165) is 30.7 Å². The Hall–Kier alpha value is -0.540. The molecular formula is C15H22FNS. The van der Waals surface area contributed by atoms with E-state index in [-0.39, 0.29) is 5.82 Å². The molecule has 0 radical (unpaired) electrons. The van der Waals surface area contributed by atoms with E-state index in [1.807, 2.05) is 18.7 Å². The number of nitrogens with one attached hydrogen (secondary N) is 1. The van der Waals surface area contributed by atoms with E-state index >= 15 is 0 Å². The van der Waals surface area contributed by atoms with E-state index in [0.29, 0.717) is 11.3 Å². The highest BCUT2D eigenvalue weighted by Gasteiger charge is 2.29. The van der Waals surface area contributed by atoms with E-state index < -0.39 is 0 Å². The van der Waals surface area contributed by atoms with Crippen LogP contribution in [-0.4, -0.2) is 11.8 Å². The van der Waals surface area contributed by atoms with Crippen molar-refractivity contribution in [2.24, 2.45) is 0 Å². The minimum atomic E-state index is -0.101. The van der Waals surface area contributed by atoms with Gasteiger partial charge in [-0.2, -0.15) is 11.8 Å². The normalized spacial score (nSPS) is 22.9. The van der Waals surface area contributed by atoms with Gasteiger partial charge in [0.05, 0.1) is 0 Å². The van der Waals surface area contributed by atoms with Crippen molar-refractivity contribution in [2.75, 3.05) is 6.54 Å². The van der Waals surface area contributed by atoms with E-state index in [4.69, 9.17) is 0 Å². The molecule has 1 heterocycles. The van der Waals surface area contributed by atoms with Gasteiger partial charge in [-0.1, -0.05) is 13.8 Å². The van der Waals surface area contributed by atoms with E-state index in [2.05, 4.69) is 19.2 Å². The van der Waals surface area contributed by atoms with Crippen LogP contribution in [0, 0.1) is 12.7 Å². The molecule has 2 unspecified atom stereocenters. The van der Waals surface area contributed by atoms with Crippen LogP contribution in [0.15, 0.2) is 12.1 Å². The molecule has 18 heavy (non-hydrogen) atoms. The Bertz CT molecular complexity index is 419. The molecule has 3 heteroatoms. The second kappa shape index (κ2) is 6.07. The first kappa shape index (κ1) is 13.9. The lowest BCUT2D eigenvalue weighted by atomic mass is 9.93. The summed E-state index contributed by atoms with van der Waals surface area (Å²) in [5.74, 6) is 0.917. The maximum absolute atomic E-state index is 13.6. The van der Waals surface area contributed by atoms with Crippen molar-refractivity contribution in [3.8, 4) is 0 Å². The van der Waals surface area contributed by atoms with E-state index in [9.17, 15) is 4.39 Å². The molecule has 0 fully saturated rings. The summed E-state index contributed by atoms with van der Waals surface area (Å²) in [6, 6.07) is 3.69. The molecule has 2 atom stereocenters. The molecule has 100 valence electrons. The van der Waals surface area contributed by atoms with Gasteiger partial charge in [-0.15, -0.1) is 0 Å². The van der Waals surface area contributed by atoms with Gasteiger partial charge >= 0.3 is 0 Å². The summed E-state index contributed by atoms with van der Waals surface area (Å²) in [4.78, 5) is 0. The minimum Gasteiger partial charge on any atom is -0.309 e. The third-order valence-electron chi connectivity index (χ3n) is 3.64. The van der Waals surface area contributed by atoms with Crippen LogP contribution in [0.25, 0.3) is 0 Å². The summed E-state index contributed by atoms with van der Waals surface area (Å²) < 4.78 is 13.6. The maximum atomic E-state index is 13.6. The van der Waals surface area contributed by atoms with Gasteiger partial charge in [-0.25, -0.2) is 4.39 Å². The molecule has 0 amide bonds. The number of rotatable bonds is 4. The van der Waals surface area contributed by atoms with Gasteiger partial charge in [0.15, 0.2) is 0 Å². The fourth-order valence-electron chi connectivity index (χ4n) is 2.66.